The first kappa shape index (κ1) is 24.4. The van der Waals surface area contributed by atoms with Gasteiger partial charge in [-0.2, -0.15) is 0 Å². The first-order valence-corrected chi connectivity index (χ1v) is 10.3. The summed E-state index contributed by atoms with van der Waals surface area (Å²) in [6.07, 6.45) is 3.21. The molecule has 7 heteroatoms. The van der Waals surface area contributed by atoms with Crippen molar-refractivity contribution >= 4 is 29.9 Å². The number of hydrogen-bond donors (Lipinski definition) is 2. The Balaban J connectivity index is 0.00000320. The maximum absolute atomic E-state index is 14.4. The summed E-state index contributed by atoms with van der Waals surface area (Å²) in [7, 11) is 3.95. The molecule has 30 heavy (non-hydrogen) atoms. The minimum absolute atomic E-state index is 0. The monoisotopic (exact) mass is 526 g/mol. The third-order valence-corrected chi connectivity index (χ3v) is 5.18. The molecule has 0 saturated carbocycles. The van der Waals surface area contributed by atoms with Crippen molar-refractivity contribution < 1.29 is 9.13 Å². The molecular weight excluding hydrogens is 494 g/mol. The number of aliphatic imine (C=N–C) groups is 1. The van der Waals surface area contributed by atoms with Gasteiger partial charge < -0.3 is 20.3 Å². The molecule has 2 aromatic carbocycles. The Morgan fingerprint density at radius 3 is 2.70 bits per heavy atom. The molecule has 1 saturated heterocycles. The van der Waals surface area contributed by atoms with Crippen LogP contribution in [0.2, 0.25) is 0 Å². The van der Waals surface area contributed by atoms with E-state index >= 15 is 0 Å². The Morgan fingerprint density at radius 2 is 2.00 bits per heavy atom. The molecule has 1 aliphatic heterocycles. The molecule has 1 unspecified atom stereocenters. The normalized spacial score (nSPS) is 17.2. The average Bonchev–Trinajstić information content (AvgIpc) is 2.73. The SMILES string of the molecule is CN=C(NCCc1ccc(Oc2ccccc2)c(F)c1)NCC1CCCN(C)C1.I. The van der Waals surface area contributed by atoms with Crippen LogP contribution in [-0.2, 0) is 6.42 Å². The first-order chi connectivity index (χ1) is 14.1. The van der Waals surface area contributed by atoms with Gasteiger partial charge in [0.25, 0.3) is 0 Å². The Bertz CT molecular complexity index is 803. The van der Waals surface area contributed by atoms with E-state index in [9.17, 15) is 4.39 Å². The molecule has 1 fully saturated rings. The second-order valence-corrected chi connectivity index (χ2v) is 7.58. The van der Waals surface area contributed by atoms with Gasteiger partial charge in [-0.1, -0.05) is 24.3 Å². The average molecular weight is 526 g/mol. The molecular formula is C23H32FIN4O. The second kappa shape index (κ2) is 12.7. The smallest absolute Gasteiger partial charge is 0.190 e. The van der Waals surface area contributed by atoms with Crippen LogP contribution in [-0.4, -0.2) is 51.1 Å². The van der Waals surface area contributed by atoms with E-state index in [0.717, 1.165) is 24.6 Å². The van der Waals surface area contributed by atoms with E-state index in [1.54, 1.807) is 25.2 Å². The predicted molar refractivity (Wildman–Crippen MR) is 132 cm³/mol. The minimum Gasteiger partial charge on any atom is -0.454 e. The number of guanidine groups is 1. The van der Waals surface area contributed by atoms with Crippen LogP contribution in [0.1, 0.15) is 18.4 Å². The molecule has 1 atom stereocenters. The van der Waals surface area contributed by atoms with Gasteiger partial charge in [-0.15, -0.1) is 24.0 Å². The van der Waals surface area contributed by atoms with E-state index in [-0.39, 0.29) is 35.5 Å². The summed E-state index contributed by atoms with van der Waals surface area (Å²) >= 11 is 0. The van der Waals surface area contributed by atoms with E-state index in [1.807, 2.05) is 24.3 Å². The van der Waals surface area contributed by atoms with Crippen LogP contribution < -0.4 is 15.4 Å². The van der Waals surface area contributed by atoms with Crippen LogP contribution in [0, 0.1) is 11.7 Å². The van der Waals surface area contributed by atoms with Crippen LogP contribution in [0.5, 0.6) is 11.5 Å². The van der Waals surface area contributed by atoms with Crippen molar-refractivity contribution in [3.63, 3.8) is 0 Å². The van der Waals surface area contributed by atoms with Gasteiger partial charge in [-0.05, 0) is 68.6 Å². The van der Waals surface area contributed by atoms with Crippen LogP contribution in [0.3, 0.4) is 0 Å². The number of benzene rings is 2. The summed E-state index contributed by atoms with van der Waals surface area (Å²) in [5.74, 6) is 1.96. The maximum atomic E-state index is 14.4. The topological polar surface area (TPSA) is 48.9 Å². The molecule has 0 bridgehead atoms. The van der Waals surface area contributed by atoms with Gasteiger partial charge in [-0.25, -0.2) is 4.39 Å². The number of hydrogen-bond acceptors (Lipinski definition) is 3. The van der Waals surface area contributed by atoms with E-state index in [4.69, 9.17) is 4.74 Å². The van der Waals surface area contributed by atoms with E-state index in [0.29, 0.717) is 24.6 Å². The van der Waals surface area contributed by atoms with Gasteiger partial charge in [0.05, 0.1) is 0 Å². The highest BCUT2D eigenvalue weighted by atomic mass is 127. The number of likely N-dealkylation sites (tertiary alicyclic amines) is 1. The van der Waals surface area contributed by atoms with Gasteiger partial charge in [0, 0.05) is 26.7 Å². The molecule has 1 heterocycles. The number of halogens is 2. The summed E-state index contributed by atoms with van der Waals surface area (Å²) in [6, 6.07) is 14.4. The summed E-state index contributed by atoms with van der Waals surface area (Å²) in [5.41, 5.74) is 0.916. The lowest BCUT2D eigenvalue weighted by molar-refractivity contribution is 0.210. The second-order valence-electron chi connectivity index (χ2n) is 7.58. The minimum atomic E-state index is -0.352. The molecule has 2 aromatic rings. The Hall–Kier alpha value is -1.87. The summed E-state index contributed by atoms with van der Waals surface area (Å²) in [6.45, 7) is 3.92. The highest BCUT2D eigenvalue weighted by Gasteiger charge is 2.17. The first-order valence-electron chi connectivity index (χ1n) is 10.3. The summed E-state index contributed by atoms with van der Waals surface area (Å²) < 4.78 is 20.0. The Morgan fingerprint density at radius 1 is 1.20 bits per heavy atom. The standard InChI is InChI=1S/C23H31FN4O.HI/c1-25-23(27-16-19-7-6-14-28(2)17-19)26-13-12-18-10-11-22(21(24)15-18)29-20-8-4-3-5-9-20;/h3-5,8-11,15,19H,6-7,12-14,16-17H2,1-2H3,(H2,25,26,27);1H. The Labute approximate surface area is 196 Å². The molecule has 3 rings (SSSR count). The lowest BCUT2D eigenvalue weighted by Gasteiger charge is -2.30. The number of piperidine rings is 1. The molecule has 0 spiro atoms. The molecule has 1 aliphatic rings. The van der Waals surface area contributed by atoms with E-state index < -0.39 is 0 Å². The zero-order valence-corrected chi connectivity index (χ0v) is 20.1. The van der Waals surface area contributed by atoms with Crippen molar-refractivity contribution in [1.29, 1.82) is 0 Å². The van der Waals surface area contributed by atoms with Gasteiger partial charge in [0.2, 0.25) is 0 Å². The number of rotatable bonds is 7. The maximum Gasteiger partial charge on any atom is 0.190 e. The zero-order chi connectivity index (χ0) is 20.5. The predicted octanol–water partition coefficient (Wildman–Crippen LogP) is 4.29. The van der Waals surface area contributed by atoms with E-state index in [1.165, 1.54) is 25.5 Å². The lowest BCUT2D eigenvalue weighted by Crippen LogP contribution is -2.44. The molecule has 164 valence electrons. The fourth-order valence-corrected chi connectivity index (χ4v) is 3.62. The third-order valence-electron chi connectivity index (χ3n) is 5.18. The van der Waals surface area contributed by atoms with Crippen molar-refractivity contribution in [2.45, 2.75) is 19.3 Å². The van der Waals surface area contributed by atoms with Gasteiger partial charge in [0.15, 0.2) is 17.5 Å². The lowest BCUT2D eigenvalue weighted by atomic mass is 9.99. The summed E-state index contributed by atoms with van der Waals surface area (Å²) in [4.78, 5) is 6.67. The van der Waals surface area contributed by atoms with Crippen molar-refractivity contribution in [3.05, 3.63) is 59.9 Å². The van der Waals surface area contributed by atoms with Crippen molar-refractivity contribution in [1.82, 2.24) is 15.5 Å². The number of nitrogens with zero attached hydrogens (tertiary/aromatic N) is 2. The van der Waals surface area contributed by atoms with Crippen molar-refractivity contribution in [2.24, 2.45) is 10.9 Å². The highest BCUT2D eigenvalue weighted by Crippen LogP contribution is 2.25. The summed E-state index contributed by atoms with van der Waals surface area (Å²) in [5, 5.41) is 6.73. The third kappa shape index (κ3) is 7.75. The molecule has 0 amide bonds. The molecule has 0 aromatic heterocycles. The molecule has 2 N–H and O–H groups in total. The fourth-order valence-electron chi connectivity index (χ4n) is 3.62. The van der Waals surface area contributed by atoms with E-state index in [2.05, 4.69) is 27.6 Å². The molecule has 0 aliphatic carbocycles. The van der Waals surface area contributed by atoms with Crippen LogP contribution in [0.25, 0.3) is 0 Å². The van der Waals surface area contributed by atoms with Gasteiger partial charge in [0.1, 0.15) is 5.75 Å². The van der Waals surface area contributed by atoms with Gasteiger partial charge in [-0.3, -0.25) is 4.99 Å². The van der Waals surface area contributed by atoms with Crippen molar-refractivity contribution in [2.75, 3.05) is 40.3 Å². The van der Waals surface area contributed by atoms with Crippen LogP contribution in [0.4, 0.5) is 4.39 Å². The number of nitrogens with one attached hydrogen (secondary N) is 2. The zero-order valence-electron chi connectivity index (χ0n) is 17.7. The highest BCUT2D eigenvalue weighted by molar-refractivity contribution is 14.0. The fraction of sp³-hybridized carbons (Fsp3) is 0.435. The molecule has 5 nitrogen and oxygen atoms in total. The quantitative estimate of drug-likeness (QED) is 0.321. The molecule has 0 radical (unpaired) electrons. The van der Waals surface area contributed by atoms with Crippen LogP contribution in [0.15, 0.2) is 53.5 Å². The van der Waals surface area contributed by atoms with Crippen molar-refractivity contribution in [3.8, 4) is 11.5 Å². The largest absolute Gasteiger partial charge is 0.454 e. The number of ether oxygens (including phenoxy) is 1. The number of para-hydroxylation sites is 1. The Kier molecular flexibility index (Phi) is 10.4. The van der Waals surface area contributed by atoms with Gasteiger partial charge >= 0.3 is 0 Å². The van der Waals surface area contributed by atoms with Crippen LogP contribution >= 0.6 is 24.0 Å².